The van der Waals surface area contributed by atoms with Crippen molar-refractivity contribution in [2.75, 3.05) is 0 Å². The maximum Gasteiger partial charge on any atom is 0.278 e. The predicted molar refractivity (Wildman–Crippen MR) is 188 cm³/mol. The topological polar surface area (TPSA) is 98.9 Å². The van der Waals surface area contributed by atoms with Crippen LogP contribution in [0, 0.1) is 36.3 Å². The summed E-state index contributed by atoms with van der Waals surface area (Å²) in [6.45, 7) is 3.95. The van der Waals surface area contributed by atoms with Crippen LogP contribution < -0.4 is 10.9 Å². The van der Waals surface area contributed by atoms with E-state index in [4.69, 9.17) is 4.98 Å². The van der Waals surface area contributed by atoms with Gasteiger partial charge in [0.25, 0.3) is 11.5 Å². The number of carbonyl (C=O) groups is 2. The van der Waals surface area contributed by atoms with Crippen LogP contribution in [0.4, 0.5) is 8.78 Å². The Morgan fingerprint density at radius 1 is 0.960 bits per heavy atom. The Hall–Kier alpha value is -5.43. The van der Waals surface area contributed by atoms with Gasteiger partial charge in [-0.2, -0.15) is 0 Å². The number of halogens is 2. The number of benzene rings is 3. The lowest BCUT2D eigenvalue weighted by atomic mass is 9.87. The van der Waals surface area contributed by atoms with Gasteiger partial charge in [-0.3, -0.25) is 19.1 Å². The van der Waals surface area contributed by atoms with Crippen molar-refractivity contribution in [2.24, 2.45) is 13.0 Å². The lowest BCUT2D eigenvalue weighted by molar-refractivity contribution is 0.0922. The summed E-state index contributed by atoms with van der Waals surface area (Å²) in [4.78, 5) is 48.1. The van der Waals surface area contributed by atoms with Crippen molar-refractivity contribution < 1.29 is 18.4 Å². The van der Waals surface area contributed by atoms with Crippen molar-refractivity contribution in [1.29, 1.82) is 0 Å². The number of aromatic nitrogens is 4. The second-order valence-electron chi connectivity index (χ2n) is 13.2. The second-order valence-corrected chi connectivity index (χ2v) is 13.2. The number of hydrogen-bond donors (Lipinski definition) is 1. The molecule has 10 heteroatoms. The van der Waals surface area contributed by atoms with Gasteiger partial charge in [0.15, 0.2) is 17.4 Å². The van der Waals surface area contributed by atoms with Crippen LogP contribution in [0.25, 0.3) is 10.9 Å². The predicted octanol–water partition coefficient (Wildman–Crippen LogP) is 6.68. The van der Waals surface area contributed by atoms with Crippen molar-refractivity contribution in [2.45, 2.75) is 71.4 Å². The molecule has 0 saturated heterocycles. The van der Waals surface area contributed by atoms with Gasteiger partial charge in [0, 0.05) is 60.8 Å². The van der Waals surface area contributed by atoms with Crippen molar-refractivity contribution in [3.63, 3.8) is 0 Å². The fourth-order valence-corrected chi connectivity index (χ4v) is 6.40. The number of hydrogen-bond acceptors (Lipinski definition) is 5. The Balaban J connectivity index is 1.04. The van der Waals surface area contributed by atoms with Crippen LogP contribution in [0.2, 0.25) is 0 Å². The smallest absolute Gasteiger partial charge is 0.278 e. The largest absolute Gasteiger partial charge is 0.349 e. The number of fused-ring (bicyclic) bond motifs is 1. The molecule has 0 aliphatic heterocycles. The molecule has 1 saturated carbocycles. The lowest BCUT2D eigenvalue weighted by Gasteiger charge is -2.26. The van der Waals surface area contributed by atoms with E-state index in [-0.39, 0.29) is 42.7 Å². The van der Waals surface area contributed by atoms with Gasteiger partial charge >= 0.3 is 0 Å². The highest BCUT2D eigenvalue weighted by Gasteiger charge is 2.22. The number of nitrogens with one attached hydrogen (secondary N) is 1. The average Bonchev–Trinajstić information content (AvgIpc) is 3.32. The van der Waals surface area contributed by atoms with Crippen LogP contribution in [0.1, 0.15) is 94.4 Å². The highest BCUT2D eigenvalue weighted by atomic mass is 19.2. The summed E-state index contributed by atoms with van der Waals surface area (Å²) in [7, 11) is 1.65. The Morgan fingerprint density at radius 3 is 2.44 bits per heavy atom. The van der Waals surface area contributed by atoms with E-state index in [1.54, 1.807) is 24.9 Å². The zero-order valence-corrected chi connectivity index (χ0v) is 28.4. The standard InChI is InChI=1S/C40H39F2N5O3/c1-25-8-16-32(17-9-25)44-39(49)30-14-10-28(11-15-30)22-37-43-23-31-20-27(13-19-35(31)45-37)6-4-5-7-36(48)38-26(2)46(3)47(40(38)50)24-29-12-18-33(41)34(42)21-29/h10-15,18-21,23,25,32H,5,7-9,16-17,22,24H2,1-3H3,(H,44,49). The Morgan fingerprint density at radius 2 is 1.70 bits per heavy atom. The summed E-state index contributed by atoms with van der Waals surface area (Å²) in [5, 5.41) is 4.01. The number of carbonyl (C=O) groups excluding carboxylic acids is 2. The van der Waals surface area contributed by atoms with E-state index in [2.05, 4.69) is 29.1 Å². The molecule has 256 valence electrons. The highest BCUT2D eigenvalue weighted by Crippen LogP contribution is 2.24. The summed E-state index contributed by atoms with van der Waals surface area (Å²) in [6, 6.07) is 17.0. The van der Waals surface area contributed by atoms with Gasteiger partial charge in [0.05, 0.1) is 12.1 Å². The number of amides is 1. The molecule has 8 nitrogen and oxygen atoms in total. The van der Waals surface area contributed by atoms with Crippen LogP contribution in [0.5, 0.6) is 0 Å². The zero-order chi connectivity index (χ0) is 35.4. The fourth-order valence-electron chi connectivity index (χ4n) is 6.40. The maximum absolute atomic E-state index is 13.7. The molecule has 1 N–H and O–H groups in total. The van der Waals surface area contributed by atoms with Gasteiger partial charge in [0.2, 0.25) is 0 Å². The van der Waals surface area contributed by atoms with Gasteiger partial charge < -0.3 is 5.32 Å². The second kappa shape index (κ2) is 15.0. The quantitative estimate of drug-likeness (QED) is 0.139. The van der Waals surface area contributed by atoms with Crippen molar-refractivity contribution in [1.82, 2.24) is 24.6 Å². The minimum absolute atomic E-state index is 0.000677. The first-order chi connectivity index (χ1) is 24.0. The molecular formula is C40H39F2N5O3. The number of nitrogens with zero attached hydrogens (tertiary/aromatic N) is 4. The van der Waals surface area contributed by atoms with E-state index in [0.717, 1.165) is 65.8 Å². The van der Waals surface area contributed by atoms with Crippen LogP contribution in [0.3, 0.4) is 0 Å². The van der Waals surface area contributed by atoms with Crippen LogP contribution in [0.15, 0.2) is 71.7 Å². The number of Topliss-reactive ketones (excluding diaryl/α,β-unsaturated/α-hetero) is 1. The molecule has 1 amide bonds. The molecule has 2 aromatic heterocycles. The van der Waals surface area contributed by atoms with Gasteiger partial charge in [0.1, 0.15) is 11.4 Å². The average molecular weight is 676 g/mol. The first kappa shape index (κ1) is 34.4. The Kier molecular flexibility index (Phi) is 10.3. The molecule has 1 aliphatic rings. The first-order valence-corrected chi connectivity index (χ1v) is 16.9. The minimum Gasteiger partial charge on any atom is -0.349 e. The van der Waals surface area contributed by atoms with E-state index in [1.807, 2.05) is 42.5 Å². The third-order valence-corrected chi connectivity index (χ3v) is 9.52. The van der Waals surface area contributed by atoms with Crippen molar-refractivity contribution >= 4 is 22.6 Å². The highest BCUT2D eigenvalue weighted by molar-refractivity contribution is 5.97. The van der Waals surface area contributed by atoms with Gasteiger partial charge in [-0.05, 0) is 92.1 Å². The summed E-state index contributed by atoms with van der Waals surface area (Å²) in [5.41, 5.74) is 3.69. The van der Waals surface area contributed by atoms with Gasteiger partial charge in [-0.15, -0.1) is 0 Å². The fraction of sp³-hybridized carbons (Fsp3) is 0.325. The molecule has 3 aromatic carbocycles. The molecule has 2 heterocycles. The Labute approximate surface area is 289 Å². The Bertz CT molecular complexity index is 2190. The third-order valence-electron chi connectivity index (χ3n) is 9.52. The van der Waals surface area contributed by atoms with E-state index >= 15 is 0 Å². The molecule has 1 fully saturated rings. The summed E-state index contributed by atoms with van der Waals surface area (Å²) in [6.07, 6.45) is 6.99. The molecule has 1 aliphatic carbocycles. The van der Waals surface area contributed by atoms with Crippen LogP contribution in [-0.4, -0.2) is 37.1 Å². The molecule has 0 radical (unpaired) electrons. The first-order valence-electron chi connectivity index (χ1n) is 16.9. The molecule has 0 unspecified atom stereocenters. The normalized spacial score (nSPS) is 15.8. The summed E-state index contributed by atoms with van der Waals surface area (Å²) in [5.74, 6) is 5.20. The van der Waals surface area contributed by atoms with E-state index in [1.165, 1.54) is 10.7 Å². The maximum atomic E-state index is 13.7. The van der Waals surface area contributed by atoms with E-state index in [0.29, 0.717) is 29.1 Å². The van der Waals surface area contributed by atoms with E-state index in [9.17, 15) is 23.2 Å². The number of rotatable bonds is 9. The third kappa shape index (κ3) is 7.89. The van der Waals surface area contributed by atoms with Gasteiger partial charge in [-0.1, -0.05) is 37.0 Å². The summed E-state index contributed by atoms with van der Waals surface area (Å²) >= 11 is 0. The molecule has 5 aromatic rings. The summed E-state index contributed by atoms with van der Waals surface area (Å²) < 4.78 is 29.9. The molecule has 6 rings (SSSR count). The minimum atomic E-state index is -0.996. The zero-order valence-electron chi connectivity index (χ0n) is 28.4. The molecule has 0 bridgehead atoms. The monoisotopic (exact) mass is 675 g/mol. The van der Waals surface area contributed by atoms with Crippen LogP contribution in [-0.2, 0) is 20.0 Å². The van der Waals surface area contributed by atoms with Crippen molar-refractivity contribution in [3.05, 3.63) is 128 Å². The van der Waals surface area contributed by atoms with Crippen molar-refractivity contribution in [3.8, 4) is 11.8 Å². The lowest BCUT2D eigenvalue weighted by Crippen LogP contribution is -2.37. The number of ketones is 1. The van der Waals surface area contributed by atoms with Crippen LogP contribution >= 0.6 is 0 Å². The van der Waals surface area contributed by atoms with Gasteiger partial charge in [-0.25, -0.2) is 23.4 Å². The molecule has 50 heavy (non-hydrogen) atoms. The molecule has 0 spiro atoms. The molecule has 0 atom stereocenters. The molecular weight excluding hydrogens is 636 g/mol. The SMILES string of the molecule is Cc1c(C(=O)CCC#Cc2ccc3nc(Cc4ccc(C(=O)NC5CCC(C)CC5)cc4)ncc3c2)c(=O)n(Cc2ccc(F)c(F)c2)n1C. The van der Waals surface area contributed by atoms with E-state index < -0.39 is 17.2 Å².